The molecule has 0 atom stereocenters. The van der Waals surface area contributed by atoms with Crippen molar-refractivity contribution < 1.29 is 14.7 Å². The Kier molecular flexibility index (Phi) is 6.42. The van der Waals surface area contributed by atoms with Crippen molar-refractivity contribution >= 4 is 39.9 Å². The van der Waals surface area contributed by atoms with Crippen LogP contribution >= 0.6 is 0 Å². The molecule has 3 rings (SSSR count). The van der Waals surface area contributed by atoms with Gasteiger partial charge in [-0.1, -0.05) is 30.7 Å². The number of amides is 1. The van der Waals surface area contributed by atoms with Crippen LogP contribution in [0.5, 0.6) is 0 Å². The zero-order valence-corrected chi connectivity index (χ0v) is 16.0. The van der Waals surface area contributed by atoms with Crippen LogP contribution in [0.2, 0.25) is 0 Å². The van der Waals surface area contributed by atoms with E-state index in [9.17, 15) is 9.59 Å². The number of fused-ring (bicyclic) bond motifs is 3. The normalized spacial score (nSPS) is 11.5. The number of aliphatic carboxylic acids is 1. The molecule has 1 heterocycles. The summed E-state index contributed by atoms with van der Waals surface area (Å²) in [5.74, 6) is -0.955. The fourth-order valence-corrected chi connectivity index (χ4v) is 3.47. The largest absolute Gasteiger partial charge is 0.481 e. The molecule has 146 valence electrons. The molecule has 0 spiro atoms. The molecule has 6 heteroatoms. The lowest BCUT2D eigenvalue weighted by atomic mass is 10.1. The van der Waals surface area contributed by atoms with Gasteiger partial charge in [0, 0.05) is 41.2 Å². The molecule has 0 saturated carbocycles. The van der Waals surface area contributed by atoms with Crippen LogP contribution in [-0.4, -0.2) is 27.8 Å². The van der Waals surface area contributed by atoms with E-state index in [2.05, 4.69) is 46.3 Å². The van der Waals surface area contributed by atoms with Crippen LogP contribution in [0.25, 0.3) is 21.8 Å². The number of hydrogen-bond donors (Lipinski definition) is 2. The lowest BCUT2D eigenvalue weighted by Crippen LogP contribution is -2.16. The molecular formula is C22H25N3O3. The predicted octanol–water partition coefficient (Wildman–Crippen LogP) is 4.30. The van der Waals surface area contributed by atoms with Gasteiger partial charge < -0.3 is 9.67 Å². The van der Waals surface area contributed by atoms with Crippen LogP contribution < -0.4 is 5.43 Å². The molecule has 0 aliphatic carbocycles. The van der Waals surface area contributed by atoms with Gasteiger partial charge in [-0.05, 0) is 43.5 Å². The molecule has 0 aliphatic rings. The third-order valence-electron chi connectivity index (χ3n) is 4.81. The Morgan fingerprint density at radius 3 is 2.57 bits per heavy atom. The molecule has 0 bridgehead atoms. The van der Waals surface area contributed by atoms with Crippen molar-refractivity contribution in [3.63, 3.8) is 0 Å². The second kappa shape index (κ2) is 9.17. The molecule has 0 unspecified atom stereocenters. The molecule has 0 fully saturated rings. The lowest BCUT2D eigenvalue weighted by molar-refractivity contribution is -0.137. The summed E-state index contributed by atoms with van der Waals surface area (Å²) in [5.41, 5.74) is 5.87. The minimum atomic E-state index is -0.798. The van der Waals surface area contributed by atoms with E-state index >= 15 is 0 Å². The lowest BCUT2D eigenvalue weighted by Gasteiger charge is -2.03. The van der Waals surface area contributed by atoms with Crippen molar-refractivity contribution in [2.75, 3.05) is 0 Å². The minimum Gasteiger partial charge on any atom is -0.481 e. The number of hydrazone groups is 1. The Balaban J connectivity index is 1.62. The SMILES string of the molecule is CCn1c2ccccc2c2cc(/C=N/NC(=O)CCCCCC(=O)O)ccc21. The highest BCUT2D eigenvalue weighted by Gasteiger charge is 2.09. The average Bonchev–Trinajstić information content (AvgIpc) is 3.00. The Labute approximate surface area is 163 Å². The number of carbonyl (C=O) groups is 2. The van der Waals surface area contributed by atoms with Gasteiger partial charge in [-0.25, -0.2) is 5.43 Å². The van der Waals surface area contributed by atoms with E-state index in [0.717, 1.165) is 18.5 Å². The number of carbonyl (C=O) groups excluding carboxylic acids is 1. The highest BCUT2D eigenvalue weighted by Crippen LogP contribution is 2.29. The van der Waals surface area contributed by atoms with Gasteiger partial charge in [0.05, 0.1) is 6.21 Å². The number of benzene rings is 2. The maximum absolute atomic E-state index is 11.8. The van der Waals surface area contributed by atoms with Crippen LogP contribution in [0, 0.1) is 0 Å². The fraction of sp³-hybridized carbons (Fsp3) is 0.318. The number of unbranched alkanes of at least 4 members (excludes halogenated alkanes) is 2. The van der Waals surface area contributed by atoms with Gasteiger partial charge >= 0.3 is 5.97 Å². The second-order valence-electron chi connectivity index (χ2n) is 6.79. The Morgan fingerprint density at radius 1 is 1.04 bits per heavy atom. The van der Waals surface area contributed by atoms with Gasteiger partial charge in [-0.15, -0.1) is 0 Å². The van der Waals surface area contributed by atoms with E-state index in [1.54, 1.807) is 6.21 Å². The smallest absolute Gasteiger partial charge is 0.303 e. The summed E-state index contributed by atoms with van der Waals surface area (Å²) in [5, 5.41) is 15.0. The van der Waals surface area contributed by atoms with Gasteiger partial charge in [-0.3, -0.25) is 9.59 Å². The number of aryl methyl sites for hydroxylation is 1. The molecule has 1 amide bonds. The number of carboxylic acids is 1. The summed E-state index contributed by atoms with van der Waals surface area (Å²) in [6, 6.07) is 14.5. The summed E-state index contributed by atoms with van der Waals surface area (Å²) >= 11 is 0. The summed E-state index contributed by atoms with van der Waals surface area (Å²) in [4.78, 5) is 22.3. The maximum atomic E-state index is 11.8. The van der Waals surface area contributed by atoms with Crippen molar-refractivity contribution in [2.24, 2.45) is 5.10 Å². The van der Waals surface area contributed by atoms with E-state index in [1.165, 1.54) is 21.8 Å². The van der Waals surface area contributed by atoms with Crippen LogP contribution in [0.1, 0.15) is 44.6 Å². The summed E-state index contributed by atoms with van der Waals surface area (Å²) < 4.78 is 2.29. The maximum Gasteiger partial charge on any atom is 0.303 e. The number of hydrogen-bond acceptors (Lipinski definition) is 3. The van der Waals surface area contributed by atoms with Crippen molar-refractivity contribution in [3.8, 4) is 0 Å². The summed E-state index contributed by atoms with van der Waals surface area (Å²) in [6.45, 7) is 3.04. The third kappa shape index (κ3) is 4.57. The highest BCUT2D eigenvalue weighted by molar-refractivity contribution is 6.09. The van der Waals surface area contributed by atoms with Crippen molar-refractivity contribution in [2.45, 2.75) is 45.6 Å². The molecule has 0 radical (unpaired) electrons. The van der Waals surface area contributed by atoms with Crippen molar-refractivity contribution in [3.05, 3.63) is 48.0 Å². The first-order valence-electron chi connectivity index (χ1n) is 9.65. The summed E-state index contributed by atoms with van der Waals surface area (Å²) in [6.07, 6.45) is 4.13. The number of carboxylic acid groups (broad SMARTS) is 1. The van der Waals surface area contributed by atoms with Gasteiger partial charge in [-0.2, -0.15) is 5.10 Å². The van der Waals surface area contributed by atoms with Crippen molar-refractivity contribution in [1.29, 1.82) is 0 Å². The topological polar surface area (TPSA) is 83.7 Å². The van der Waals surface area contributed by atoms with E-state index in [1.807, 2.05) is 18.2 Å². The average molecular weight is 379 g/mol. The Bertz CT molecular complexity index is 1020. The first kappa shape index (κ1) is 19.6. The molecule has 2 N–H and O–H groups in total. The standard InChI is InChI=1S/C22H25N3O3/c1-2-25-19-9-7-6-8-17(19)18-14-16(12-13-20(18)25)15-23-24-21(26)10-4-3-5-11-22(27)28/h6-9,12-15H,2-5,10-11H2,1H3,(H,24,26)(H,27,28)/b23-15+. The number of nitrogens with zero attached hydrogens (tertiary/aromatic N) is 2. The fourth-order valence-electron chi connectivity index (χ4n) is 3.47. The molecular weight excluding hydrogens is 354 g/mol. The molecule has 0 saturated heterocycles. The number of nitrogens with one attached hydrogen (secondary N) is 1. The van der Waals surface area contributed by atoms with Crippen LogP contribution in [0.15, 0.2) is 47.6 Å². The monoisotopic (exact) mass is 379 g/mol. The predicted molar refractivity (Wildman–Crippen MR) is 112 cm³/mol. The van der Waals surface area contributed by atoms with E-state index < -0.39 is 5.97 Å². The minimum absolute atomic E-state index is 0.149. The first-order valence-corrected chi connectivity index (χ1v) is 9.65. The number of aromatic nitrogens is 1. The molecule has 1 aromatic heterocycles. The third-order valence-corrected chi connectivity index (χ3v) is 4.81. The van der Waals surface area contributed by atoms with E-state index in [-0.39, 0.29) is 12.3 Å². The van der Waals surface area contributed by atoms with Crippen LogP contribution in [-0.2, 0) is 16.1 Å². The van der Waals surface area contributed by atoms with Gasteiger partial charge in [0.2, 0.25) is 5.91 Å². The molecule has 0 aliphatic heterocycles. The molecule has 6 nitrogen and oxygen atoms in total. The molecule has 28 heavy (non-hydrogen) atoms. The van der Waals surface area contributed by atoms with Gasteiger partial charge in [0.1, 0.15) is 0 Å². The zero-order valence-electron chi connectivity index (χ0n) is 16.0. The van der Waals surface area contributed by atoms with E-state index in [4.69, 9.17) is 5.11 Å². The Morgan fingerprint density at radius 2 is 1.79 bits per heavy atom. The van der Waals surface area contributed by atoms with Crippen LogP contribution in [0.4, 0.5) is 0 Å². The summed E-state index contributed by atoms with van der Waals surface area (Å²) in [7, 11) is 0. The number of rotatable bonds is 9. The van der Waals surface area contributed by atoms with Gasteiger partial charge in [0.25, 0.3) is 0 Å². The van der Waals surface area contributed by atoms with Crippen molar-refractivity contribution in [1.82, 2.24) is 9.99 Å². The first-order chi connectivity index (χ1) is 13.6. The zero-order chi connectivity index (χ0) is 19.9. The Hall–Kier alpha value is -3.15. The molecule has 2 aromatic carbocycles. The second-order valence-corrected chi connectivity index (χ2v) is 6.79. The highest BCUT2D eigenvalue weighted by atomic mass is 16.4. The van der Waals surface area contributed by atoms with E-state index in [0.29, 0.717) is 19.3 Å². The molecule has 3 aromatic rings. The van der Waals surface area contributed by atoms with Gasteiger partial charge in [0.15, 0.2) is 0 Å². The quantitative estimate of drug-likeness (QED) is 0.330. The van der Waals surface area contributed by atoms with Crippen LogP contribution in [0.3, 0.4) is 0 Å². The number of para-hydroxylation sites is 1.